The van der Waals surface area contributed by atoms with Crippen LogP contribution in [0, 0.1) is 0 Å². The zero-order valence-corrected chi connectivity index (χ0v) is 47.5. The number of rotatable bonds is 0. The number of benzene rings is 6. The Morgan fingerprint density at radius 2 is 0.384 bits per heavy atom. The lowest BCUT2D eigenvalue weighted by Gasteiger charge is -2.29. The lowest BCUT2D eigenvalue weighted by Crippen LogP contribution is -2.19. The topological polar surface area (TPSA) is 99.4 Å². The SMILES string of the molecule is CC(C)(C)c1cc2c(O)c(c1)Cc1cc(C(C)(C)C)cc(c1O)Cc1cc(C(C)(C)C)cc3c1OCOc1c(cc(C(C)(C)C)cc1C3)Cc1cc(C(C)(C)C)cc(c1O)Cc1cc(C(C)(C)C)cc(c1O)C2. The third-order valence-corrected chi connectivity index (χ3v) is 15.4. The van der Waals surface area contributed by atoms with Crippen LogP contribution in [0.25, 0.3) is 0 Å². The highest BCUT2D eigenvalue weighted by Gasteiger charge is 2.31. The highest BCUT2D eigenvalue weighted by molar-refractivity contribution is 5.61. The van der Waals surface area contributed by atoms with Crippen LogP contribution >= 0.6 is 0 Å². The van der Waals surface area contributed by atoms with E-state index < -0.39 is 0 Å². The molecule has 0 saturated heterocycles. The second-order valence-electron chi connectivity index (χ2n) is 27.8. The Balaban J connectivity index is 1.46. The maximum Gasteiger partial charge on any atom is 0.230 e. The van der Waals surface area contributed by atoms with Crippen LogP contribution in [0.5, 0.6) is 34.5 Å². The summed E-state index contributed by atoms with van der Waals surface area (Å²) in [5, 5.41) is 50.3. The number of phenolic OH excluding ortho intramolecular Hbond substituents is 4. The Morgan fingerprint density at radius 3 is 0.548 bits per heavy atom. The molecule has 3 aliphatic rings. The number of hydrogen-bond acceptors (Lipinski definition) is 6. The maximum atomic E-state index is 12.6. The van der Waals surface area contributed by atoms with E-state index in [2.05, 4.69) is 197 Å². The summed E-state index contributed by atoms with van der Waals surface area (Å²) in [7, 11) is 0. The summed E-state index contributed by atoms with van der Waals surface area (Å²) < 4.78 is 13.6. The molecule has 0 unspecified atom stereocenters. The first-order valence-electron chi connectivity index (χ1n) is 26.6. The van der Waals surface area contributed by atoms with E-state index in [1.54, 1.807) is 0 Å². The van der Waals surface area contributed by atoms with Gasteiger partial charge in [-0.3, -0.25) is 0 Å². The zero-order chi connectivity index (χ0) is 53.7. The van der Waals surface area contributed by atoms with Crippen LogP contribution in [0.3, 0.4) is 0 Å². The van der Waals surface area contributed by atoms with Gasteiger partial charge < -0.3 is 29.9 Å². The predicted octanol–water partition coefficient (Wildman–Crippen LogP) is 15.9. The molecule has 0 aromatic heterocycles. The van der Waals surface area contributed by atoms with Crippen molar-refractivity contribution >= 4 is 0 Å². The van der Waals surface area contributed by atoms with E-state index in [-0.39, 0.29) is 81.5 Å². The van der Waals surface area contributed by atoms with Gasteiger partial charge in [0.25, 0.3) is 0 Å². The molecule has 1 aliphatic carbocycles. The van der Waals surface area contributed by atoms with Crippen molar-refractivity contribution in [2.75, 3.05) is 6.79 Å². The number of fused-ring (bicyclic) bond motifs is 2. The van der Waals surface area contributed by atoms with E-state index in [1.807, 2.05) is 0 Å². The maximum absolute atomic E-state index is 12.6. The fraction of sp³-hybridized carbons (Fsp3) is 0.463. The lowest BCUT2D eigenvalue weighted by molar-refractivity contribution is 0.113. The Bertz CT molecular complexity index is 2910. The molecule has 2 heterocycles. The van der Waals surface area contributed by atoms with Gasteiger partial charge in [-0.05, 0) is 133 Å². The molecular weight excluding hydrogens is 901 g/mol. The standard InChI is InChI=1S/C67H84O6/c1-62(2,3)50-25-38-19-39-26-51(63(4,5)6)28-41(57(39)69)21-43-30-53(65(10,11)12)32-45(59(43)71)23-47-34-55(67(16,17)18)36-49-24-48-35-54(66(13,14)15)33-46(60(48)72-37-73-61(47)49)22-44-31-52(64(7,8)9)29-42(58(44)70)20-40(27-50)56(38)68/h25-36,68-71H,19-24,37H2,1-18H3. The molecule has 9 rings (SSSR count). The van der Waals surface area contributed by atoms with Gasteiger partial charge in [-0.2, -0.15) is 0 Å². The summed E-state index contributed by atoms with van der Waals surface area (Å²) in [6, 6.07) is 25.9. The van der Waals surface area contributed by atoms with Crippen molar-refractivity contribution in [3.05, 3.63) is 173 Å². The van der Waals surface area contributed by atoms with Gasteiger partial charge in [0.1, 0.15) is 34.5 Å². The number of hydrogen-bond donors (Lipinski definition) is 4. The molecular formula is C67H84O6. The minimum Gasteiger partial charge on any atom is -0.507 e. The smallest absolute Gasteiger partial charge is 0.230 e. The lowest BCUT2D eigenvalue weighted by atomic mass is 9.79. The molecule has 6 aromatic rings. The highest BCUT2D eigenvalue weighted by atomic mass is 16.7. The van der Waals surface area contributed by atoms with Gasteiger partial charge in [-0.1, -0.05) is 197 Å². The van der Waals surface area contributed by atoms with Gasteiger partial charge in [-0.15, -0.1) is 0 Å². The molecule has 6 aromatic carbocycles. The number of phenols is 4. The molecule has 0 atom stereocenters. The van der Waals surface area contributed by atoms with Crippen LogP contribution in [0.2, 0.25) is 0 Å². The molecule has 0 spiro atoms. The van der Waals surface area contributed by atoms with Crippen molar-refractivity contribution < 1.29 is 29.9 Å². The third kappa shape index (κ3) is 11.2. The van der Waals surface area contributed by atoms with Crippen LogP contribution < -0.4 is 9.47 Å². The quantitative estimate of drug-likeness (QED) is 0.121. The zero-order valence-electron chi connectivity index (χ0n) is 47.5. The molecule has 0 radical (unpaired) electrons. The molecule has 0 saturated carbocycles. The van der Waals surface area contributed by atoms with E-state index in [4.69, 9.17) is 9.47 Å². The molecule has 388 valence electrons. The summed E-state index contributed by atoms with van der Waals surface area (Å²) in [5.41, 5.74) is 15.1. The first kappa shape index (κ1) is 53.4. The summed E-state index contributed by atoms with van der Waals surface area (Å²) in [5.74, 6) is 2.23. The van der Waals surface area contributed by atoms with Crippen LogP contribution in [0.15, 0.2) is 72.8 Å². The second-order valence-corrected chi connectivity index (χ2v) is 27.8. The van der Waals surface area contributed by atoms with E-state index in [1.165, 1.54) is 11.1 Å². The van der Waals surface area contributed by atoms with Gasteiger partial charge in [0.2, 0.25) is 6.79 Å². The van der Waals surface area contributed by atoms with E-state index in [0.717, 1.165) is 78.3 Å². The normalized spacial score (nSPS) is 14.8. The third-order valence-electron chi connectivity index (χ3n) is 15.4. The van der Waals surface area contributed by atoms with E-state index >= 15 is 0 Å². The van der Waals surface area contributed by atoms with Gasteiger partial charge in [0.05, 0.1) is 0 Å². The van der Waals surface area contributed by atoms with Crippen LogP contribution in [-0.4, -0.2) is 27.2 Å². The average molecular weight is 985 g/mol. The second kappa shape index (κ2) is 18.5. The van der Waals surface area contributed by atoms with Crippen molar-refractivity contribution in [2.45, 2.75) is 196 Å². The minimum atomic E-state index is -0.276. The largest absolute Gasteiger partial charge is 0.507 e. The van der Waals surface area contributed by atoms with Gasteiger partial charge in [0, 0.05) is 38.5 Å². The van der Waals surface area contributed by atoms with Crippen molar-refractivity contribution in [1.29, 1.82) is 0 Å². The summed E-state index contributed by atoms with van der Waals surface area (Å²) >= 11 is 0. The number of ether oxygens (including phenoxy) is 2. The highest BCUT2D eigenvalue weighted by Crippen LogP contribution is 2.46. The van der Waals surface area contributed by atoms with Gasteiger partial charge >= 0.3 is 0 Å². The number of aromatic hydroxyl groups is 4. The average Bonchev–Trinajstić information content (AvgIpc) is 3.23. The van der Waals surface area contributed by atoms with E-state index in [9.17, 15) is 20.4 Å². The molecule has 2 aliphatic heterocycles. The minimum absolute atomic E-state index is 0.0281. The van der Waals surface area contributed by atoms with Crippen molar-refractivity contribution in [3.8, 4) is 34.5 Å². The molecule has 73 heavy (non-hydrogen) atoms. The Kier molecular flexibility index (Phi) is 13.5. The van der Waals surface area contributed by atoms with Crippen LogP contribution in [0.1, 0.15) is 225 Å². The monoisotopic (exact) mass is 985 g/mol. The molecule has 0 amide bonds. The van der Waals surface area contributed by atoms with Crippen LogP contribution in [0.4, 0.5) is 0 Å². The molecule has 6 nitrogen and oxygen atoms in total. The summed E-state index contributed by atoms with van der Waals surface area (Å²) in [6.45, 7) is 39.7. The van der Waals surface area contributed by atoms with Crippen molar-refractivity contribution in [1.82, 2.24) is 0 Å². The van der Waals surface area contributed by atoms with Gasteiger partial charge in [-0.25, -0.2) is 0 Å². The fourth-order valence-electron chi connectivity index (χ4n) is 10.5. The summed E-state index contributed by atoms with van der Waals surface area (Å²) in [6.07, 6.45) is 2.22. The van der Waals surface area contributed by atoms with Crippen LogP contribution in [-0.2, 0) is 71.0 Å². The Labute approximate surface area is 437 Å². The van der Waals surface area contributed by atoms with E-state index in [0.29, 0.717) is 41.5 Å². The Hall–Kier alpha value is -5.88. The first-order chi connectivity index (χ1) is 33.6. The molecule has 14 bridgehead atoms. The summed E-state index contributed by atoms with van der Waals surface area (Å²) in [4.78, 5) is 0. The predicted molar refractivity (Wildman–Crippen MR) is 300 cm³/mol. The first-order valence-corrected chi connectivity index (χ1v) is 26.6. The Morgan fingerprint density at radius 1 is 0.247 bits per heavy atom. The van der Waals surface area contributed by atoms with Crippen molar-refractivity contribution in [2.24, 2.45) is 0 Å². The molecule has 4 N–H and O–H groups in total. The molecule has 0 fully saturated rings. The molecule has 6 heteroatoms. The van der Waals surface area contributed by atoms with Gasteiger partial charge in [0.15, 0.2) is 0 Å². The van der Waals surface area contributed by atoms with Crippen molar-refractivity contribution in [3.63, 3.8) is 0 Å². The fourth-order valence-corrected chi connectivity index (χ4v) is 10.5.